The second-order valence-corrected chi connectivity index (χ2v) is 9.55. The standard InChI is InChI=1S/C21H20F3NO4S/c1-13-9-14(11-18(19(13)26)20(2,3)4)10-17(12-25)30(27,28)16-7-5-15(6-8-16)29-21(22,23)24/h5-11,26H,1-4H3/b17-10+. The lowest BCUT2D eigenvalue weighted by Gasteiger charge is -2.22. The normalized spacial score (nSPS) is 13.1. The molecule has 0 saturated carbocycles. The van der Waals surface area contributed by atoms with Crippen LogP contribution in [0.4, 0.5) is 13.2 Å². The predicted octanol–water partition coefficient (Wildman–Crippen LogP) is 5.24. The fraction of sp³-hybridized carbons (Fsp3) is 0.286. The Balaban J connectivity index is 2.50. The van der Waals surface area contributed by atoms with Crippen molar-refractivity contribution in [2.24, 2.45) is 0 Å². The molecule has 0 heterocycles. The Kier molecular flexibility index (Phi) is 6.23. The molecule has 5 nitrogen and oxygen atoms in total. The summed E-state index contributed by atoms with van der Waals surface area (Å²) in [4.78, 5) is -0.937. The van der Waals surface area contributed by atoms with Gasteiger partial charge in [0.1, 0.15) is 22.5 Å². The number of phenols is 1. The largest absolute Gasteiger partial charge is 0.573 e. The maximum atomic E-state index is 12.8. The molecule has 0 bridgehead atoms. The summed E-state index contributed by atoms with van der Waals surface area (Å²) in [7, 11) is -4.28. The number of rotatable bonds is 4. The van der Waals surface area contributed by atoms with Gasteiger partial charge in [-0.1, -0.05) is 20.8 Å². The molecular formula is C21H20F3NO4S. The van der Waals surface area contributed by atoms with Gasteiger partial charge in [-0.3, -0.25) is 0 Å². The average Bonchev–Trinajstić information content (AvgIpc) is 2.60. The van der Waals surface area contributed by atoms with Crippen LogP contribution in [0.3, 0.4) is 0 Å². The number of halogens is 3. The Bertz CT molecular complexity index is 1120. The zero-order chi connectivity index (χ0) is 22.9. The zero-order valence-electron chi connectivity index (χ0n) is 16.7. The Morgan fingerprint density at radius 2 is 1.70 bits per heavy atom. The van der Waals surface area contributed by atoms with Gasteiger partial charge in [0.15, 0.2) is 0 Å². The number of nitrogens with zero attached hydrogens (tertiary/aromatic N) is 1. The van der Waals surface area contributed by atoms with Crippen molar-refractivity contribution >= 4 is 15.9 Å². The predicted molar refractivity (Wildman–Crippen MR) is 105 cm³/mol. The molecule has 160 valence electrons. The van der Waals surface area contributed by atoms with E-state index in [-0.39, 0.29) is 10.6 Å². The van der Waals surface area contributed by atoms with E-state index < -0.39 is 32.3 Å². The first-order valence-electron chi connectivity index (χ1n) is 8.72. The molecule has 0 radical (unpaired) electrons. The van der Waals surface area contributed by atoms with E-state index >= 15 is 0 Å². The number of aryl methyl sites for hydroxylation is 1. The maximum absolute atomic E-state index is 12.8. The molecule has 1 N–H and O–H groups in total. The number of sulfone groups is 1. The van der Waals surface area contributed by atoms with Crippen LogP contribution in [0.1, 0.15) is 37.5 Å². The fourth-order valence-electron chi connectivity index (χ4n) is 2.73. The van der Waals surface area contributed by atoms with Crippen molar-refractivity contribution in [1.29, 1.82) is 5.26 Å². The van der Waals surface area contributed by atoms with E-state index in [0.29, 0.717) is 16.7 Å². The number of hydrogen-bond acceptors (Lipinski definition) is 5. The molecule has 0 aliphatic rings. The van der Waals surface area contributed by atoms with Crippen LogP contribution in [0.2, 0.25) is 0 Å². The van der Waals surface area contributed by atoms with Gasteiger partial charge in [0.05, 0.1) is 4.90 Å². The number of ether oxygens (including phenoxy) is 1. The van der Waals surface area contributed by atoms with Crippen LogP contribution in [-0.2, 0) is 15.3 Å². The highest BCUT2D eigenvalue weighted by Crippen LogP contribution is 2.35. The van der Waals surface area contributed by atoms with E-state index in [0.717, 1.165) is 30.3 Å². The van der Waals surface area contributed by atoms with Gasteiger partial charge in [-0.2, -0.15) is 5.26 Å². The summed E-state index contributed by atoms with van der Waals surface area (Å²) in [5.41, 5.74) is 1.06. The Hall–Kier alpha value is -2.99. The van der Waals surface area contributed by atoms with Crippen LogP contribution < -0.4 is 4.74 Å². The summed E-state index contributed by atoms with van der Waals surface area (Å²) in [6.45, 7) is 7.28. The summed E-state index contributed by atoms with van der Waals surface area (Å²) in [5, 5.41) is 19.7. The summed E-state index contributed by atoms with van der Waals surface area (Å²) >= 11 is 0. The lowest BCUT2D eigenvalue weighted by Crippen LogP contribution is -2.17. The number of allylic oxidation sites excluding steroid dienone is 1. The molecule has 2 rings (SSSR count). The number of hydrogen-bond donors (Lipinski definition) is 1. The van der Waals surface area contributed by atoms with Crippen LogP contribution in [0, 0.1) is 18.3 Å². The quantitative estimate of drug-likeness (QED) is 0.659. The molecule has 0 saturated heterocycles. The van der Waals surface area contributed by atoms with Crippen LogP contribution in [0.25, 0.3) is 6.08 Å². The lowest BCUT2D eigenvalue weighted by molar-refractivity contribution is -0.274. The van der Waals surface area contributed by atoms with Gasteiger partial charge in [-0.05, 0) is 65.9 Å². The minimum Gasteiger partial charge on any atom is -0.507 e. The van der Waals surface area contributed by atoms with Gasteiger partial charge >= 0.3 is 6.36 Å². The highest BCUT2D eigenvalue weighted by Gasteiger charge is 2.31. The van der Waals surface area contributed by atoms with Crippen molar-refractivity contribution in [2.75, 3.05) is 0 Å². The van der Waals surface area contributed by atoms with E-state index in [1.807, 2.05) is 20.8 Å². The van der Waals surface area contributed by atoms with Crippen molar-refractivity contribution in [3.8, 4) is 17.6 Å². The molecule has 0 aliphatic heterocycles. The maximum Gasteiger partial charge on any atom is 0.573 e. The number of benzene rings is 2. The molecule has 0 unspecified atom stereocenters. The van der Waals surface area contributed by atoms with Crippen LogP contribution in [-0.4, -0.2) is 19.9 Å². The average molecular weight is 439 g/mol. The zero-order valence-corrected chi connectivity index (χ0v) is 17.5. The van der Waals surface area contributed by atoms with E-state index in [2.05, 4.69) is 4.74 Å². The Morgan fingerprint density at radius 3 is 2.17 bits per heavy atom. The van der Waals surface area contributed by atoms with Gasteiger partial charge in [-0.15, -0.1) is 13.2 Å². The third kappa shape index (κ3) is 5.33. The number of alkyl halides is 3. The second-order valence-electron chi connectivity index (χ2n) is 7.63. The SMILES string of the molecule is Cc1cc(/C=C(\C#N)S(=O)(=O)c2ccc(OC(F)(F)F)cc2)cc(C(C)(C)C)c1O. The van der Waals surface area contributed by atoms with Gasteiger partial charge in [0, 0.05) is 5.56 Å². The van der Waals surface area contributed by atoms with E-state index in [4.69, 9.17) is 0 Å². The first-order chi connectivity index (χ1) is 13.6. The van der Waals surface area contributed by atoms with Gasteiger partial charge < -0.3 is 9.84 Å². The molecule has 2 aromatic carbocycles. The summed E-state index contributed by atoms with van der Waals surface area (Å²) in [6.07, 6.45) is -3.74. The Morgan fingerprint density at radius 1 is 1.13 bits per heavy atom. The van der Waals surface area contributed by atoms with E-state index in [1.54, 1.807) is 19.1 Å². The topological polar surface area (TPSA) is 87.4 Å². The number of nitriles is 1. The highest BCUT2D eigenvalue weighted by molar-refractivity contribution is 7.95. The molecule has 2 aromatic rings. The smallest absolute Gasteiger partial charge is 0.507 e. The monoisotopic (exact) mass is 439 g/mol. The summed E-state index contributed by atoms with van der Waals surface area (Å²) < 4.78 is 66.1. The summed E-state index contributed by atoms with van der Waals surface area (Å²) in [6, 6.07) is 8.35. The molecule has 9 heteroatoms. The first-order valence-corrected chi connectivity index (χ1v) is 10.2. The van der Waals surface area contributed by atoms with Gasteiger partial charge in [-0.25, -0.2) is 8.42 Å². The van der Waals surface area contributed by atoms with Crippen LogP contribution in [0.15, 0.2) is 46.2 Å². The fourth-order valence-corrected chi connectivity index (χ4v) is 3.89. The minimum absolute atomic E-state index is 0.0845. The van der Waals surface area contributed by atoms with E-state index in [1.165, 1.54) is 6.07 Å². The third-order valence-corrected chi connectivity index (χ3v) is 5.88. The van der Waals surface area contributed by atoms with E-state index in [9.17, 15) is 32.0 Å². The van der Waals surface area contributed by atoms with Crippen molar-refractivity contribution in [3.63, 3.8) is 0 Å². The molecular weight excluding hydrogens is 419 g/mol. The molecule has 0 spiro atoms. The molecule has 0 amide bonds. The molecule has 30 heavy (non-hydrogen) atoms. The minimum atomic E-state index is -4.90. The van der Waals surface area contributed by atoms with Crippen molar-refractivity contribution in [1.82, 2.24) is 0 Å². The molecule has 0 aliphatic carbocycles. The molecule has 0 aromatic heterocycles. The van der Waals surface area contributed by atoms with Gasteiger partial charge in [0.25, 0.3) is 0 Å². The van der Waals surface area contributed by atoms with Crippen molar-refractivity contribution in [3.05, 3.63) is 58.0 Å². The number of aromatic hydroxyl groups is 1. The first kappa shape index (κ1) is 23.3. The number of phenolic OH excluding ortho intramolecular Hbond substituents is 1. The van der Waals surface area contributed by atoms with Crippen LogP contribution in [0.5, 0.6) is 11.5 Å². The molecule has 0 atom stereocenters. The third-order valence-electron chi connectivity index (χ3n) is 4.20. The van der Waals surface area contributed by atoms with Gasteiger partial charge in [0.2, 0.25) is 9.84 Å². The highest BCUT2D eigenvalue weighted by atomic mass is 32.2. The molecule has 0 fully saturated rings. The second kappa shape index (κ2) is 8.03. The van der Waals surface area contributed by atoms with Crippen molar-refractivity contribution in [2.45, 2.75) is 44.4 Å². The van der Waals surface area contributed by atoms with Crippen molar-refractivity contribution < 1.29 is 31.4 Å². The summed E-state index contributed by atoms with van der Waals surface area (Å²) in [5.74, 6) is -0.491. The van der Waals surface area contributed by atoms with Crippen LogP contribution >= 0.6 is 0 Å². The lowest BCUT2D eigenvalue weighted by atomic mass is 9.84. The Labute approximate surface area is 173 Å².